The number of rotatable bonds is 4. The van der Waals surface area contributed by atoms with Crippen LogP contribution in [0.15, 0.2) is 65.6 Å². The van der Waals surface area contributed by atoms with Crippen LogP contribution < -0.4 is 10.1 Å². The number of hydrogen-bond donors (Lipinski definition) is 1. The molecule has 1 aliphatic heterocycles. The van der Waals surface area contributed by atoms with Gasteiger partial charge in [0.1, 0.15) is 18.2 Å². The summed E-state index contributed by atoms with van der Waals surface area (Å²) in [6.45, 7) is 0.155. The zero-order valence-electron chi connectivity index (χ0n) is 14.1. The third-order valence-corrected chi connectivity index (χ3v) is 4.94. The molecule has 1 N–H and O–H groups in total. The van der Waals surface area contributed by atoms with Crippen molar-refractivity contribution in [3.8, 4) is 5.75 Å². The van der Waals surface area contributed by atoms with Crippen molar-refractivity contribution in [2.45, 2.75) is 6.61 Å². The second-order valence-corrected chi connectivity index (χ2v) is 7.02. The summed E-state index contributed by atoms with van der Waals surface area (Å²) < 4.78 is 19.4. The van der Waals surface area contributed by atoms with Crippen molar-refractivity contribution in [3.63, 3.8) is 0 Å². The minimum Gasteiger partial charge on any atom is -0.489 e. The van der Waals surface area contributed by atoms with Crippen LogP contribution in [0.3, 0.4) is 0 Å². The van der Waals surface area contributed by atoms with E-state index in [4.69, 9.17) is 4.74 Å². The summed E-state index contributed by atoms with van der Waals surface area (Å²) in [5.74, 6) is -0.0153. The van der Waals surface area contributed by atoms with Crippen LogP contribution in [-0.2, 0) is 11.4 Å². The Bertz CT molecular complexity index is 1090. The molecule has 0 spiro atoms. The van der Waals surface area contributed by atoms with Crippen molar-refractivity contribution in [1.82, 2.24) is 5.32 Å². The molecule has 4 rings (SSSR count). The van der Waals surface area contributed by atoms with Gasteiger partial charge in [-0.1, -0.05) is 36.4 Å². The van der Waals surface area contributed by atoms with Gasteiger partial charge in [0, 0.05) is 5.56 Å². The van der Waals surface area contributed by atoms with E-state index in [1.807, 2.05) is 36.4 Å². The smallest absolute Gasteiger partial charge is 0.290 e. The van der Waals surface area contributed by atoms with Crippen molar-refractivity contribution >= 4 is 39.8 Å². The summed E-state index contributed by atoms with van der Waals surface area (Å²) in [7, 11) is 0. The summed E-state index contributed by atoms with van der Waals surface area (Å²) in [6.07, 6.45) is 1.69. The van der Waals surface area contributed by atoms with Gasteiger partial charge < -0.3 is 4.74 Å². The van der Waals surface area contributed by atoms with Gasteiger partial charge in [0.25, 0.3) is 11.1 Å². The second-order valence-electron chi connectivity index (χ2n) is 6.00. The first-order valence-corrected chi connectivity index (χ1v) is 9.05. The Morgan fingerprint density at radius 1 is 1.00 bits per heavy atom. The first-order valence-electron chi connectivity index (χ1n) is 8.23. The van der Waals surface area contributed by atoms with Gasteiger partial charge in [-0.05, 0) is 58.4 Å². The molecule has 134 valence electrons. The quantitative estimate of drug-likeness (QED) is 0.657. The predicted molar refractivity (Wildman–Crippen MR) is 104 cm³/mol. The van der Waals surface area contributed by atoms with Crippen molar-refractivity contribution < 1.29 is 18.7 Å². The van der Waals surface area contributed by atoms with Crippen LogP contribution in [0, 0.1) is 5.82 Å². The zero-order chi connectivity index (χ0) is 18.8. The van der Waals surface area contributed by atoms with E-state index in [1.165, 1.54) is 6.07 Å². The van der Waals surface area contributed by atoms with E-state index in [-0.39, 0.29) is 23.6 Å². The minimum absolute atomic E-state index is 0.155. The molecule has 0 atom stereocenters. The summed E-state index contributed by atoms with van der Waals surface area (Å²) in [4.78, 5) is 23.3. The molecule has 6 heteroatoms. The summed E-state index contributed by atoms with van der Waals surface area (Å²) >= 11 is 0.893. The highest BCUT2D eigenvalue weighted by atomic mass is 32.2. The van der Waals surface area contributed by atoms with Crippen LogP contribution in [0.2, 0.25) is 0 Å². The maximum absolute atomic E-state index is 13.7. The molecule has 27 heavy (non-hydrogen) atoms. The van der Waals surface area contributed by atoms with Gasteiger partial charge >= 0.3 is 0 Å². The molecule has 1 aliphatic rings. The van der Waals surface area contributed by atoms with Gasteiger partial charge in [-0.25, -0.2) is 4.39 Å². The van der Waals surface area contributed by atoms with E-state index < -0.39 is 0 Å². The Morgan fingerprint density at radius 2 is 1.78 bits per heavy atom. The van der Waals surface area contributed by atoms with E-state index in [0.29, 0.717) is 16.2 Å². The highest BCUT2D eigenvalue weighted by Crippen LogP contribution is 2.28. The average Bonchev–Trinajstić information content (AvgIpc) is 2.98. The van der Waals surface area contributed by atoms with Crippen LogP contribution in [0.5, 0.6) is 5.75 Å². The van der Waals surface area contributed by atoms with Gasteiger partial charge in [-0.15, -0.1) is 0 Å². The summed E-state index contributed by atoms with van der Waals surface area (Å²) in [5, 5.41) is 3.81. The topological polar surface area (TPSA) is 55.4 Å². The third kappa shape index (κ3) is 3.85. The van der Waals surface area contributed by atoms with E-state index in [0.717, 1.165) is 28.1 Å². The number of carbonyl (C=O) groups is 2. The normalized spacial score (nSPS) is 15.4. The molecule has 0 aromatic heterocycles. The standard InChI is InChI=1S/C21H14FNO3S/c22-18-4-2-1-3-16(18)12-26-17-8-7-14-9-13(5-6-15(14)11-17)10-19-20(24)23-21(25)27-19/h1-11H,12H2,(H,23,24,25)/b19-10-. The average molecular weight is 379 g/mol. The largest absolute Gasteiger partial charge is 0.489 e. The molecule has 1 saturated heterocycles. The molecule has 0 saturated carbocycles. The van der Waals surface area contributed by atoms with Crippen LogP contribution in [0.1, 0.15) is 11.1 Å². The van der Waals surface area contributed by atoms with Gasteiger partial charge in [0.15, 0.2) is 0 Å². The lowest BCUT2D eigenvalue weighted by molar-refractivity contribution is -0.115. The number of nitrogens with one attached hydrogen (secondary N) is 1. The maximum Gasteiger partial charge on any atom is 0.290 e. The van der Waals surface area contributed by atoms with Crippen molar-refractivity contribution in [3.05, 3.63) is 82.5 Å². The first kappa shape index (κ1) is 17.3. The van der Waals surface area contributed by atoms with Crippen LogP contribution in [0.25, 0.3) is 16.8 Å². The third-order valence-electron chi connectivity index (χ3n) is 4.13. The molecule has 1 fully saturated rings. The number of imide groups is 1. The lowest BCUT2D eigenvalue weighted by Gasteiger charge is -2.08. The molecule has 1 heterocycles. The molecule has 0 unspecified atom stereocenters. The van der Waals surface area contributed by atoms with Gasteiger partial charge in [-0.3, -0.25) is 14.9 Å². The second kappa shape index (κ2) is 7.25. The first-order chi connectivity index (χ1) is 13.1. The van der Waals surface area contributed by atoms with Gasteiger partial charge in [0.2, 0.25) is 0 Å². The number of ether oxygens (including phenoxy) is 1. The molecule has 4 nitrogen and oxygen atoms in total. The number of hydrogen-bond acceptors (Lipinski definition) is 4. The van der Waals surface area contributed by atoms with E-state index >= 15 is 0 Å². The van der Waals surface area contributed by atoms with E-state index in [2.05, 4.69) is 5.32 Å². The molecular weight excluding hydrogens is 365 g/mol. The highest BCUT2D eigenvalue weighted by Gasteiger charge is 2.24. The summed E-state index contributed by atoms with van der Waals surface area (Å²) in [6, 6.07) is 17.8. The molecule has 0 aliphatic carbocycles. The molecular formula is C21H14FNO3S. The predicted octanol–water partition coefficient (Wildman–Crippen LogP) is 4.88. The molecule has 0 bridgehead atoms. The molecule has 0 radical (unpaired) electrons. The van der Waals surface area contributed by atoms with Crippen molar-refractivity contribution in [2.24, 2.45) is 0 Å². The van der Waals surface area contributed by atoms with Gasteiger partial charge in [-0.2, -0.15) is 0 Å². The minimum atomic E-state index is -0.373. The van der Waals surface area contributed by atoms with E-state index in [1.54, 1.807) is 24.3 Å². The number of fused-ring (bicyclic) bond motifs is 1. The molecule has 3 aromatic rings. The number of amides is 2. The molecule has 2 amide bonds. The lowest BCUT2D eigenvalue weighted by Crippen LogP contribution is -2.17. The van der Waals surface area contributed by atoms with Gasteiger partial charge in [0.05, 0.1) is 4.91 Å². The fourth-order valence-corrected chi connectivity index (χ4v) is 3.45. The SMILES string of the molecule is O=C1NC(=O)/C(=C/c2ccc3cc(OCc4ccccc4F)ccc3c2)S1. The van der Waals surface area contributed by atoms with Crippen molar-refractivity contribution in [2.75, 3.05) is 0 Å². The van der Waals surface area contributed by atoms with E-state index in [9.17, 15) is 14.0 Å². The fraction of sp³-hybridized carbons (Fsp3) is 0.0476. The fourth-order valence-electron chi connectivity index (χ4n) is 2.77. The van der Waals surface area contributed by atoms with Crippen LogP contribution >= 0.6 is 11.8 Å². The maximum atomic E-state index is 13.7. The number of carbonyl (C=O) groups excluding carboxylic acids is 2. The Hall–Kier alpha value is -3.12. The zero-order valence-corrected chi connectivity index (χ0v) is 14.9. The highest BCUT2D eigenvalue weighted by molar-refractivity contribution is 8.18. The Labute approximate surface area is 159 Å². The number of halogens is 1. The summed E-state index contributed by atoms with van der Waals surface area (Å²) in [5.41, 5.74) is 1.33. The van der Waals surface area contributed by atoms with Crippen LogP contribution in [0.4, 0.5) is 9.18 Å². The monoisotopic (exact) mass is 379 g/mol. The Balaban J connectivity index is 1.54. The van der Waals surface area contributed by atoms with Crippen molar-refractivity contribution in [1.29, 1.82) is 0 Å². The van der Waals surface area contributed by atoms with Crippen LogP contribution in [-0.4, -0.2) is 11.1 Å². The Morgan fingerprint density at radius 3 is 2.56 bits per heavy atom. The Kier molecular flexibility index (Phi) is 4.64. The lowest BCUT2D eigenvalue weighted by atomic mass is 10.1. The number of thioether (sulfide) groups is 1. The number of benzene rings is 3. The molecule has 3 aromatic carbocycles.